The molecule has 4 aromatic carbocycles. The van der Waals surface area contributed by atoms with E-state index in [0.717, 1.165) is 22.9 Å². The summed E-state index contributed by atoms with van der Waals surface area (Å²) in [5.74, 6) is -1.39. The molecule has 1 saturated heterocycles. The maximum absolute atomic E-state index is 14.7. The first-order chi connectivity index (χ1) is 19.7. The normalized spacial score (nSPS) is 14.9. The van der Waals surface area contributed by atoms with Crippen LogP contribution < -0.4 is 39.6 Å². The van der Waals surface area contributed by atoms with E-state index < -0.39 is 15.9 Å². The number of nitrogens with zero attached hydrogens (tertiary/aromatic N) is 1. The number of hydrogen-bond donors (Lipinski definition) is 2. The summed E-state index contributed by atoms with van der Waals surface area (Å²) in [6, 6.07) is 26.9. The first-order valence-corrected chi connectivity index (χ1v) is 14.8. The van der Waals surface area contributed by atoms with E-state index in [-0.39, 0.29) is 54.0 Å². The Morgan fingerprint density at radius 1 is 1.00 bits per heavy atom. The Bertz CT molecular complexity index is 1800. The third kappa shape index (κ3) is 7.84. The van der Waals surface area contributed by atoms with Crippen molar-refractivity contribution in [1.82, 2.24) is 10.0 Å². The van der Waals surface area contributed by atoms with Gasteiger partial charge >= 0.3 is 29.6 Å². The van der Waals surface area contributed by atoms with Crippen LogP contribution in [0.4, 0.5) is 10.1 Å². The minimum absolute atomic E-state index is 0. The first-order valence-electron chi connectivity index (χ1n) is 12.5. The molecule has 11 heteroatoms. The number of amidine groups is 1. The maximum atomic E-state index is 14.7. The average Bonchev–Trinajstić information content (AvgIpc) is 3.28. The van der Waals surface area contributed by atoms with E-state index in [1.807, 2.05) is 37.3 Å². The summed E-state index contributed by atoms with van der Waals surface area (Å²) >= 11 is 1.13. The molecular weight excluding hydrogens is 584 g/mol. The molecule has 0 bridgehead atoms. The number of nitrogens with one attached hydrogen (secondary N) is 2. The number of thioether (sulfide) groups is 1. The van der Waals surface area contributed by atoms with Crippen LogP contribution >= 0.6 is 11.8 Å². The number of rotatable bonds is 7. The van der Waals surface area contributed by atoms with Gasteiger partial charge in [0.1, 0.15) is 5.82 Å². The van der Waals surface area contributed by atoms with Gasteiger partial charge < -0.3 is 6.74 Å². The summed E-state index contributed by atoms with van der Waals surface area (Å²) in [4.78, 5) is 29.7. The standard InChI is InChI=1S/C31H24FN3O4S2.Na.H/c1-20-7-14-25(15-8-20)41(38,39)35-29(36)19-21-9-12-24(13-10-21)33-31-34-30(37)28(40-31)18-22-11-16-26(27(32)17-22)23-5-3-2-4-6-23;;/h2-18H,19H2,1H3,(H,35,36)(H,33,34,37);;/q;+1;-1/b28-18+;;. The second-order valence-corrected chi connectivity index (χ2v) is 12.0. The molecule has 2 N–H and O–H groups in total. The molecule has 1 aliphatic heterocycles. The van der Waals surface area contributed by atoms with Crippen molar-refractivity contribution in [3.63, 3.8) is 0 Å². The van der Waals surface area contributed by atoms with Crippen molar-refractivity contribution in [3.8, 4) is 11.1 Å². The fourth-order valence-corrected chi connectivity index (χ4v) is 5.88. The van der Waals surface area contributed by atoms with Crippen molar-refractivity contribution in [2.75, 3.05) is 0 Å². The molecule has 42 heavy (non-hydrogen) atoms. The van der Waals surface area contributed by atoms with Crippen LogP contribution in [0.25, 0.3) is 17.2 Å². The summed E-state index contributed by atoms with van der Waals surface area (Å²) in [5.41, 5.74) is 3.83. The van der Waals surface area contributed by atoms with Gasteiger partial charge in [-0.05, 0) is 71.8 Å². The van der Waals surface area contributed by atoms with Gasteiger partial charge in [-0.25, -0.2) is 22.5 Å². The maximum Gasteiger partial charge on any atom is 1.00 e. The summed E-state index contributed by atoms with van der Waals surface area (Å²) in [6.07, 6.45) is 1.46. The molecule has 0 radical (unpaired) electrons. The van der Waals surface area contributed by atoms with Gasteiger partial charge in [0.15, 0.2) is 5.17 Å². The molecule has 0 unspecified atom stereocenters. The Morgan fingerprint density at radius 2 is 1.69 bits per heavy atom. The Balaban J connectivity index is 0.00000253. The van der Waals surface area contributed by atoms with Crippen molar-refractivity contribution in [2.45, 2.75) is 18.2 Å². The fourth-order valence-electron chi connectivity index (χ4n) is 4.06. The number of hydrogen-bond acceptors (Lipinski definition) is 6. The van der Waals surface area contributed by atoms with Crippen LogP contribution in [0, 0.1) is 12.7 Å². The molecule has 1 heterocycles. The van der Waals surface area contributed by atoms with E-state index in [9.17, 15) is 22.4 Å². The second kappa shape index (κ2) is 13.6. The van der Waals surface area contributed by atoms with Crippen LogP contribution in [0.3, 0.4) is 0 Å². The SMILES string of the molecule is Cc1ccc(S(=O)(=O)NC(=O)Cc2ccc(N=C3NC(=O)/C(=C\c4ccc(-c5ccccc5)c(F)c4)S3)cc2)cc1.[H-].[Na+]. The minimum Gasteiger partial charge on any atom is -1.00 e. The van der Waals surface area contributed by atoms with Gasteiger partial charge in [-0.15, -0.1) is 0 Å². The number of benzene rings is 4. The van der Waals surface area contributed by atoms with Crippen LogP contribution in [0.2, 0.25) is 0 Å². The van der Waals surface area contributed by atoms with Gasteiger partial charge in [-0.2, -0.15) is 0 Å². The number of halogens is 1. The Kier molecular flexibility index (Phi) is 10.2. The number of carbonyl (C=O) groups excluding carboxylic acids is 2. The first kappa shape index (κ1) is 31.4. The predicted molar refractivity (Wildman–Crippen MR) is 160 cm³/mol. The van der Waals surface area contributed by atoms with Crippen molar-refractivity contribution < 1.29 is 53.4 Å². The molecule has 0 aliphatic carbocycles. The van der Waals surface area contributed by atoms with E-state index in [0.29, 0.717) is 32.5 Å². The molecule has 2 amide bonds. The molecule has 1 fully saturated rings. The van der Waals surface area contributed by atoms with Crippen molar-refractivity contribution in [1.29, 1.82) is 0 Å². The van der Waals surface area contributed by atoms with E-state index in [1.165, 1.54) is 18.2 Å². The third-order valence-electron chi connectivity index (χ3n) is 6.14. The van der Waals surface area contributed by atoms with Gasteiger partial charge in [-0.3, -0.25) is 9.59 Å². The topological polar surface area (TPSA) is 105 Å². The van der Waals surface area contributed by atoms with Gasteiger partial charge in [-0.1, -0.05) is 72.3 Å². The van der Waals surface area contributed by atoms with Crippen LogP contribution in [0.5, 0.6) is 0 Å². The number of amides is 2. The molecule has 0 spiro atoms. The van der Waals surface area contributed by atoms with Gasteiger partial charge in [0.05, 0.1) is 21.9 Å². The predicted octanol–water partition coefficient (Wildman–Crippen LogP) is 2.86. The average molecular weight is 610 g/mol. The molecule has 0 atom stereocenters. The monoisotopic (exact) mass is 609 g/mol. The Labute approximate surface area is 271 Å². The number of carbonyl (C=O) groups is 2. The minimum atomic E-state index is -3.96. The van der Waals surface area contributed by atoms with Gasteiger partial charge in [0.2, 0.25) is 5.91 Å². The molecule has 0 aromatic heterocycles. The molecule has 5 rings (SSSR count). The molecule has 1 aliphatic rings. The molecule has 7 nitrogen and oxygen atoms in total. The summed E-state index contributed by atoms with van der Waals surface area (Å²) < 4.78 is 41.7. The summed E-state index contributed by atoms with van der Waals surface area (Å²) in [7, 11) is -3.96. The molecule has 208 valence electrons. The van der Waals surface area contributed by atoms with Crippen molar-refractivity contribution in [3.05, 3.63) is 124 Å². The summed E-state index contributed by atoms with van der Waals surface area (Å²) in [6.45, 7) is 1.84. The number of sulfonamides is 1. The summed E-state index contributed by atoms with van der Waals surface area (Å²) in [5, 5.41) is 3.06. The third-order valence-corrected chi connectivity index (χ3v) is 8.44. The van der Waals surface area contributed by atoms with Crippen LogP contribution in [-0.4, -0.2) is 25.4 Å². The second-order valence-electron chi connectivity index (χ2n) is 9.27. The van der Waals surface area contributed by atoms with E-state index in [4.69, 9.17) is 0 Å². The quantitative estimate of drug-likeness (QED) is 0.248. The van der Waals surface area contributed by atoms with Gasteiger partial charge in [0.25, 0.3) is 15.9 Å². The van der Waals surface area contributed by atoms with Crippen LogP contribution in [0.15, 0.2) is 112 Å². The van der Waals surface area contributed by atoms with Crippen molar-refractivity contribution >= 4 is 50.5 Å². The van der Waals surface area contributed by atoms with Crippen LogP contribution in [0.1, 0.15) is 18.1 Å². The number of aryl methyl sites for hydroxylation is 1. The molecular formula is C31H25FN3NaO4S2. The smallest absolute Gasteiger partial charge is 1.00 e. The largest absolute Gasteiger partial charge is 1.00 e. The Morgan fingerprint density at radius 3 is 2.36 bits per heavy atom. The van der Waals surface area contributed by atoms with Crippen LogP contribution in [-0.2, 0) is 26.0 Å². The van der Waals surface area contributed by atoms with Gasteiger partial charge in [0, 0.05) is 5.56 Å². The van der Waals surface area contributed by atoms with E-state index in [2.05, 4.69) is 15.0 Å². The zero-order chi connectivity index (χ0) is 29.0. The van der Waals surface area contributed by atoms with E-state index >= 15 is 0 Å². The zero-order valence-corrected chi connectivity index (χ0v) is 26.4. The fraction of sp³-hybridized carbons (Fsp3) is 0.0645. The molecule has 4 aromatic rings. The number of aliphatic imine (C=N–C) groups is 1. The van der Waals surface area contributed by atoms with Crippen molar-refractivity contribution in [2.24, 2.45) is 4.99 Å². The molecule has 0 saturated carbocycles. The van der Waals surface area contributed by atoms with E-state index in [1.54, 1.807) is 54.6 Å². The Hall–Kier alpha value is -3.54. The zero-order valence-electron chi connectivity index (χ0n) is 23.8.